The van der Waals surface area contributed by atoms with Crippen molar-refractivity contribution >= 4 is 5.91 Å². The second-order valence-corrected chi connectivity index (χ2v) is 5.84. The van der Waals surface area contributed by atoms with Crippen LogP contribution in [0.2, 0.25) is 0 Å². The third-order valence-electron chi connectivity index (χ3n) is 4.42. The molecular weight excluding hydrogens is 238 g/mol. The van der Waals surface area contributed by atoms with Gasteiger partial charge in [-0.15, -0.1) is 0 Å². The van der Waals surface area contributed by atoms with Gasteiger partial charge < -0.3 is 10.0 Å². The van der Waals surface area contributed by atoms with E-state index in [1.165, 1.54) is 5.56 Å². The Kier molecular flexibility index (Phi) is 3.56. The zero-order chi connectivity index (χ0) is 13.2. The van der Waals surface area contributed by atoms with E-state index in [4.69, 9.17) is 0 Å². The Morgan fingerprint density at radius 1 is 1.26 bits per heavy atom. The van der Waals surface area contributed by atoms with Crippen molar-refractivity contribution in [3.8, 4) is 0 Å². The molecule has 1 N–H and O–H groups in total. The van der Waals surface area contributed by atoms with Crippen molar-refractivity contribution in [3.63, 3.8) is 0 Å². The molecular formula is C16H21NO2. The molecule has 19 heavy (non-hydrogen) atoms. The molecule has 1 saturated carbocycles. The summed E-state index contributed by atoms with van der Waals surface area (Å²) in [5.74, 6) is 0.639. The van der Waals surface area contributed by atoms with Gasteiger partial charge in [0.05, 0.1) is 6.10 Å². The number of carbonyl (C=O) groups is 1. The highest BCUT2D eigenvalue weighted by molar-refractivity contribution is 5.96. The summed E-state index contributed by atoms with van der Waals surface area (Å²) < 4.78 is 0. The maximum atomic E-state index is 12.4. The molecule has 1 heterocycles. The van der Waals surface area contributed by atoms with Gasteiger partial charge in [0.1, 0.15) is 0 Å². The van der Waals surface area contributed by atoms with Crippen LogP contribution in [0.15, 0.2) is 24.3 Å². The van der Waals surface area contributed by atoms with Gasteiger partial charge in [-0.2, -0.15) is 0 Å². The van der Waals surface area contributed by atoms with Crippen molar-refractivity contribution in [3.05, 3.63) is 35.4 Å². The third-order valence-corrected chi connectivity index (χ3v) is 4.42. The summed E-state index contributed by atoms with van der Waals surface area (Å²) in [6.45, 7) is 1.63. The van der Waals surface area contributed by atoms with Gasteiger partial charge in [-0.3, -0.25) is 4.79 Å². The van der Waals surface area contributed by atoms with E-state index in [-0.39, 0.29) is 12.0 Å². The molecule has 0 saturated heterocycles. The van der Waals surface area contributed by atoms with Crippen LogP contribution in [0.3, 0.4) is 0 Å². The molecule has 1 amide bonds. The minimum Gasteiger partial charge on any atom is -0.393 e. The van der Waals surface area contributed by atoms with Crippen LogP contribution in [-0.2, 0) is 6.42 Å². The van der Waals surface area contributed by atoms with Crippen molar-refractivity contribution in [2.75, 3.05) is 13.1 Å². The summed E-state index contributed by atoms with van der Waals surface area (Å²) in [6, 6.07) is 7.92. The lowest BCUT2D eigenvalue weighted by molar-refractivity contribution is 0.0594. The number of aliphatic hydroxyl groups excluding tert-OH is 1. The number of amides is 1. The quantitative estimate of drug-likeness (QED) is 0.885. The summed E-state index contributed by atoms with van der Waals surface area (Å²) in [7, 11) is 0. The Balaban J connectivity index is 1.69. The largest absolute Gasteiger partial charge is 0.393 e. The van der Waals surface area contributed by atoms with Gasteiger partial charge in [-0.05, 0) is 43.2 Å². The fraction of sp³-hybridized carbons (Fsp3) is 0.562. The van der Waals surface area contributed by atoms with Crippen molar-refractivity contribution in [1.82, 2.24) is 4.90 Å². The molecule has 2 aliphatic rings. The molecule has 3 rings (SSSR count). The number of aliphatic hydroxyl groups is 1. The second kappa shape index (κ2) is 5.33. The lowest BCUT2D eigenvalue weighted by Crippen LogP contribution is -2.41. The second-order valence-electron chi connectivity index (χ2n) is 5.84. The number of hydrogen-bond donors (Lipinski definition) is 1. The smallest absolute Gasteiger partial charge is 0.254 e. The van der Waals surface area contributed by atoms with Crippen LogP contribution >= 0.6 is 0 Å². The van der Waals surface area contributed by atoms with Crippen LogP contribution in [0, 0.1) is 5.92 Å². The highest BCUT2D eigenvalue weighted by Crippen LogP contribution is 2.27. The number of hydrogen-bond acceptors (Lipinski definition) is 2. The fourth-order valence-corrected chi connectivity index (χ4v) is 3.39. The van der Waals surface area contributed by atoms with Crippen LogP contribution in [-0.4, -0.2) is 35.1 Å². The van der Waals surface area contributed by atoms with Gasteiger partial charge >= 0.3 is 0 Å². The predicted octanol–water partition coefficient (Wildman–Crippen LogP) is 2.24. The Morgan fingerprint density at radius 2 is 2.11 bits per heavy atom. The lowest BCUT2D eigenvalue weighted by Gasteiger charge is -2.34. The molecule has 1 fully saturated rings. The van der Waals surface area contributed by atoms with Crippen molar-refractivity contribution in [1.29, 1.82) is 0 Å². The first-order valence-corrected chi connectivity index (χ1v) is 7.29. The SMILES string of the molecule is O=C1c2ccccc2CCN1CC1CCCC(O)C1. The summed E-state index contributed by atoms with van der Waals surface area (Å²) in [5, 5.41) is 9.73. The zero-order valence-corrected chi connectivity index (χ0v) is 11.2. The third kappa shape index (κ3) is 2.66. The molecule has 2 atom stereocenters. The normalized spacial score (nSPS) is 27.2. The molecule has 1 aliphatic heterocycles. The van der Waals surface area contributed by atoms with Gasteiger partial charge in [0, 0.05) is 18.7 Å². The maximum absolute atomic E-state index is 12.4. The number of rotatable bonds is 2. The average molecular weight is 259 g/mol. The summed E-state index contributed by atoms with van der Waals surface area (Å²) in [4.78, 5) is 14.4. The van der Waals surface area contributed by atoms with E-state index in [1.807, 2.05) is 23.1 Å². The molecule has 1 aromatic rings. The first-order chi connectivity index (χ1) is 9.24. The Bertz CT molecular complexity index is 472. The predicted molar refractivity (Wildman–Crippen MR) is 74.0 cm³/mol. The van der Waals surface area contributed by atoms with E-state index in [1.54, 1.807) is 0 Å². The minimum absolute atomic E-state index is 0.161. The van der Waals surface area contributed by atoms with E-state index in [0.717, 1.165) is 50.8 Å². The van der Waals surface area contributed by atoms with Crippen LogP contribution in [0.1, 0.15) is 41.6 Å². The Hall–Kier alpha value is -1.35. The van der Waals surface area contributed by atoms with E-state index in [0.29, 0.717) is 5.92 Å². The molecule has 3 heteroatoms. The summed E-state index contributed by atoms with van der Waals surface area (Å²) in [6.07, 6.45) is 4.80. The van der Waals surface area contributed by atoms with Crippen LogP contribution in [0.4, 0.5) is 0 Å². The highest BCUT2D eigenvalue weighted by Gasteiger charge is 2.28. The monoisotopic (exact) mass is 259 g/mol. The topological polar surface area (TPSA) is 40.5 Å². The van der Waals surface area contributed by atoms with Gasteiger partial charge in [-0.25, -0.2) is 0 Å². The standard InChI is InChI=1S/C16H21NO2/c18-14-6-3-4-12(10-14)11-17-9-8-13-5-1-2-7-15(13)16(17)19/h1-2,5,7,12,14,18H,3-4,6,8-11H2. The van der Waals surface area contributed by atoms with E-state index >= 15 is 0 Å². The maximum Gasteiger partial charge on any atom is 0.254 e. The summed E-state index contributed by atoms with van der Waals surface area (Å²) in [5.41, 5.74) is 2.04. The molecule has 1 aromatic carbocycles. The van der Waals surface area contributed by atoms with Gasteiger partial charge in [0.15, 0.2) is 0 Å². The van der Waals surface area contributed by atoms with Gasteiger partial charge in [-0.1, -0.05) is 24.6 Å². The van der Waals surface area contributed by atoms with Gasteiger partial charge in [0.25, 0.3) is 5.91 Å². The Morgan fingerprint density at radius 3 is 2.95 bits per heavy atom. The number of nitrogens with zero attached hydrogens (tertiary/aromatic N) is 1. The number of benzene rings is 1. The average Bonchev–Trinajstić information content (AvgIpc) is 2.42. The van der Waals surface area contributed by atoms with Crippen molar-refractivity contribution in [2.45, 2.75) is 38.2 Å². The number of carbonyl (C=O) groups excluding carboxylic acids is 1. The molecule has 0 radical (unpaired) electrons. The Labute approximate surface area is 114 Å². The molecule has 0 bridgehead atoms. The van der Waals surface area contributed by atoms with E-state index in [2.05, 4.69) is 6.07 Å². The molecule has 3 nitrogen and oxygen atoms in total. The van der Waals surface area contributed by atoms with Crippen molar-refractivity contribution < 1.29 is 9.90 Å². The fourth-order valence-electron chi connectivity index (χ4n) is 3.39. The van der Waals surface area contributed by atoms with Crippen molar-refractivity contribution in [2.24, 2.45) is 5.92 Å². The molecule has 102 valence electrons. The first-order valence-electron chi connectivity index (χ1n) is 7.29. The zero-order valence-electron chi connectivity index (χ0n) is 11.2. The molecule has 0 spiro atoms. The minimum atomic E-state index is -0.161. The van der Waals surface area contributed by atoms with E-state index in [9.17, 15) is 9.90 Å². The first kappa shape index (κ1) is 12.7. The summed E-state index contributed by atoms with van der Waals surface area (Å²) >= 11 is 0. The van der Waals surface area contributed by atoms with Crippen LogP contribution < -0.4 is 0 Å². The lowest BCUT2D eigenvalue weighted by atomic mass is 9.86. The molecule has 2 unspecified atom stereocenters. The molecule has 0 aromatic heterocycles. The van der Waals surface area contributed by atoms with Gasteiger partial charge in [0.2, 0.25) is 0 Å². The molecule has 1 aliphatic carbocycles. The van der Waals surface area contributed by atoms with E-state index < -0.39 is 0 Å². The van der Waals surface area contributed by atoms with Crippen LogP contribution in [0.25, 0.3) is 0 Å². The van der Waals surface area contributed by atoms with Crippen LogP contribution in [0.5, 0.6) is 0 Å². The number of fused-ring (bicyclic) bond motifs is 1. The highest BCUT2D eigenvalue weighted by atomic mass is 16.3.